The first-order valence-electron chi connectivity index (χ1n) is 5.56. The van der Waals surface area contributed by atoms with Crippen LogP contribution >= 0.6 is 0 Å². The van der Waals surface area contributed by atoms with Gasteiger partial charge in [0.2, 0.25) is 5.91 Å². The van der Waals surface area contributed by atoms with Crippen molar-refractivity contribution in [3.05, 3.63) is 11.8 Å². The molecule has 1 amide bonds. The van der Waals surface area contributed by atoms with Crippen LogP contribution < -0.4 is 5.32 Å². The molecule has 4 nitrogen and oxygen atoms in total. The van der Waals surface area contributed by atoms with Crippen molar-refractivity contribution in [1.29, 1.82) is 0 Å². The van der Waals surface area contributed by atoms with Crippen molar-refractivity contribution in [3.63, 3.8) is 0 Å². The summed E-state index contributed by atoms with van der Waals surface area (Å²) in [5.74, 6) is 1.09. The van der Waals surface area contributed by atoms with Gasteiger partial charge in [0.1, 0.15) is 5.76 Å². The van der Waals surface area contributed by atoms with Crippen LogP contribution in [0, 0.1) is 0 Å². The molecule has 1 rings (SSSR count). The maximum atomic E-state index is 10.7. The Bertz CT molecular complexity index is 324. The van der Waals surface area contributed by atoms with Crippen LogP contribution in [-0.4, -0.2) is 11.1 Å². The Labute approximate surface area is 97.4 Å². The van der Waals surface area contributed by atoms with E-state index in [-0.39, 0.29) is 11.3 Å². The number of carbonyl (C=O) groups is 1. The Morgan fingerprint density at radius 2 is 1.94 bits per heavy atom. The van der Waals surface area contributed by atoms with Gasteiger partial charge in [0.25, 0.3) is 0 Å². The Morgan fingerprint density at radius 1 is 1.44 bits per heavy atom. The molecular weight excluding hydrogens is 204 g/mol. The summed E-state index contributed by atoms with van der Waals surface area (Å²) in [4.78, 5) is 10.7. The molecule has 0 aliphatic heterocycles. The van der Waals surface area contributed by atoms with Gasteiger partial charge in [-0.15, -0.1) is 0 Å². The van der Waals surface area contributed by atoms with Crippen molar-refractivity contribution in [1.82, 2.24) is 5.16 Å². The van der Waals surface area contributed by atoms with Crippen molar-refractivity contribution in [2.24, 2.45) is 0 Å². The molecule has 0 saturated carbocycles. The Balaban J connectivity index is 0.000000673. The maximum Gasteiger partial charge on any atom is 0.222 e. The number of hydrogen-bond acceptors (Lipinski definition) is 3. The number of amides is 1. The second kappa shape index (κ2) is 6.30. The highest BCUT2D eigenvalue weighted by Gasteiger charge is 2.19. The van der Waals surface area contributed by atoms with Gasteiger partial charge in [-0.1, -0.05) is 46.2 Å². The van der Waals surface area contributed by atoms with Gasteiger partial charge in [-0.3, -0.25) is 4.79 Å². The van der Waals surface area contributed by atoms with E-state index in [1.807, 2.05) is 20.8 Å². The zero-order chi connectivity index (χ0) is 12.8. The highest BCUT2D eigenvalue weighted by molar-refractivity contribution is 5.87. The van der Waals surface area contributed by atoms with Crippen LogP contribution in [0.15, 0.2) is 10.6 Å². The van der Waals surface area contributed by atoms with Gasteiger partial charge in [0.15, 0.2) is 5.82 Å². The predicted molar refractivity (Wildman–Crippen MR) is 65.5 cm³/mol. The fourth-order valence-corrected chi connectivity index (χ4v) is 0.868. The van der Waals surface area contributed by atoms with Gasteiger partial charge in [-0.05, 0) is 0 Å². The van der Waals surface area contributed by atoms with Gasteiger partial charge in [0.05, 0.1) is 0 Å². The average molecular weight is 226 g/mol. The van der Waals surface area contributed by atoms with Crippen LogP contribution in [0.5, 0.6) is 0 Å². The summed E-state index contributed by atoms with van der Waals surface area (Å²) in [6.45, 7) is 11.7. The molecule has 4 heteroatoms. The molecule has 0 spiro atoms. The highest BCUT2D eigenvalue weighted by Crippen LogP contribution is 2.24. The maximum absolute atomic E-state index is 10.7. The van der Waals surface area contributed by atoms with Gasteiger partial charge >= 0.3 is 0 Å². The van der Waals surface area contributed by atoms with E-state index in [2.05, 4.69) is 24.3 Å². The van der Waals surface area contributed by atoms with E-state index >= 15 is 0 Å². The lowest BCUT2D eigenvalue weighted by atomic mass is 9.93. The smallest absolute Gasteiger partial charge is 0.222 e. The minimum Gasteiger partial charge on any atom is -0.359 e. The normalized spacial score (nSPS) is 10.4. The fraction of sp³-hybridized carbons (Fsp3) is 0.667. The quantitative estimate of drug-likeness (QED) is 0.799. The van der Waals surface area contributed by atoms with E-state index in [0.29, 0.717) is 5.82 Å². The Kier molecular flexibility index (Phi) is 5.78. The SMILES string of the molecule is CC(=O)Nc1cc(C(C)(C)C)on1.CCC. The summed E-state index contributed by atoms with van der Waals surface area (Å²) in [6.07, 6.45) is 1.25. The van der Waals surface area contributed by atoms with Crippen molar-refractivity contribution in [2.75, 3.05) is 5.32 Å². The number of aromatic nitrogens is 1. The second-order valence-corrected chi connectivity index (χ2v) is 4.71. The Hall–Kier alpha value is -1.32. The minimum absolute atomic E-state index is 0.0796. The zero-order valence-corrected chi connectivity index (χ0v) is 11.0. The summed E-state index contributed by atoms with van der Waals surface area (Å²) >= 11 is 0. The van der Waals surface area contributed by atoms with E-state index in [1.165, 1.54) is 13.3 Å². The summed E-state index contributed by atoms with van der Waals surface area (Å²) in [5.41, 5.74) is -0.0796. The average Bonchev–Trinajstić information content (AvgIpc) is 2.51. The molecule has 1 aromatic rings. The molecule has 1 N–H and O–H groups in total. The van der Waals surface area contributed by atoms with Crippen LogP contribution in [0.4, 0.5) is 5.82 Å². The third kappa shape index (κ3) is 5.53. The van der Waals surface area contributed by atoms with Crippen molar-refractivity contribution < 1.29 is 9.32 Å². The summed E-state index contributed by atoms with van der Waals surface area (Å²) in [7, 11) is 0. The fourth-order valence-electron chi connectivity index (χ4n) is 0.868. The van der Waals surface area contributed by atoms with Crippen LogP contribution in [-0.2, 0) is 10.2 Å². The third-order valence-electron chi connectivity index (χ3n) is 1.55. The van der Waals surface area contributed by atoms with Gasteiger partial charge in [0, 0.05) is 18.4 Å². The van der Waals surface area contributed by atoms with Crippen LogP contribution in [0.25, 0.3) is 0 Å². The molecule has 0 unspecified atom stereocenters. The molecule has 0 saturated heterocycles. The predicted octanol–water partition coefficient (Wildman–Crippen LogP) is 3.35. The molecule has 0 aromatic carbocycles. The number of carbonyl (C=O) groups excluding carboxylic acids is 1. The number of hydrogen-bond donors (Lipinski definition) is 1. The van der Waals surface area contributed by atoms with Crippen LogP contribution in [0.2, 0.25) is 0 Å². The molecular formula is C12H22N2O2. The minimum atomic E-state index is -0.145. The molecule has 1 heterocycles. The van der Waals surface area contributed by atoms with E-state index in [4.69, 9.17) is 4.52 Å². The molecule has 0 atom stereocenters. The van der Waals surface area contributed by atoms with E-state index < -0.39 is 0 Å². The highest BCUT2D eigenvalue weighted by atomic mass is 16.5. The number of nitrogens with zero attached hydrogens (tertiary/aromatic N) is 1. The van der Waals surface area contributed by atoms with E-state index in [9.17, 15) is 4.79 Å². The first-order chi connectivity index (χ1) is 7.31. The summed E-state index contributed by atoms with van der Waals surface area (Å²) in [5, 5.41) is 6.27. The van der Waals surface area contributed by atoms with E-state index in [1.54, 1.807) is 6.07 Å². The molecule has 0 aliphatic rings. The van der Waals surface area contributed by atoms with Crippen LogP contribution in [0.3, 0.4) is 0 Å². The standard InChI is InChI=1S/C9H14N2O2.C3H8/c1-6(12)10-8-5-7(13-11-8)9(2,3)4;1-3-2/h5H,1-4H3,(H,10,11,12);3H2,1-2H3. The van der Waals surface area contributed by atoms with Gasteiger partial charge in [-0.25, -0.2) is 0 Å². The molecule has 16 heavy (non-hydrogen) atoms. The number of anilines is 1. The third-order valence-corrected chi connectivity index (χ3v) is 1.55. The van der Waals surface area contributed by atoms with Gasteiger partial charge in [-0.2, -0.15) is 0 Å². The van der Waals surface area contributed by atoms with Crippen molar-refractivity contribution >= 4 is 11.7 Å². The lowest BCUT2D eigenvalue weighted by Gasteiger charge is -2.11. The molecule has 92 valence electrons. The molecule has 1 aromatic heterocycles. The summed E-state index contributed by atoms with van der Waals surface area (Å²) < 4.78 is 5.07. The van der Waals surface area contributed by atoms with Crippen LogP contribution in [0.1, 0.15) is 53.7 Å². The van der Waals surface area contributed by atoms with Gasteiger partial charge < -0.3 is 9.84 Å². The monoisotopic (exact) mass is 226 g/mol. The number of nitrogens with one attached hydrogen (secondary N) is 1. The summed E-state index contributed by atoms with van der Waals surface area (Å²) in [6, 6.07) is 1.74. The second-order valence-electron chi connectivity index (χ2n) is 4.71. The molecule has 0 fully saturated rings. The first-order valence-corrected chi connectivity index (χ1v) is 5.56. The zero-order valence-electron chi connectivity index (χ0n) is 11.0. The van der Waals surface area contributed by atoms with Crippen molar-refractivity contribution in [2.45, 2.75) is 53.4 Å². The molecule has 0 aliphatic carbocycles. The van der Waals surface area contributed by atoms with Crippen molar-refractivity contribution in [3.8, 4) is 0 Å². The van der Waals surface area contributed by atoms with E-state index in [0.717, 1.165) is 5.76 Å². The number of rotatable bonds is 1. The lowest BCUT2D eigenvalue weighted by molar-refractivity contribution is -0.114. The first kappa shape index (κ1) is 14.7. The molecule has 0 bridgehead atoms. The Morgan fingerprint density at radius 3 is 2.25 bits per heavy atom. The molecule has 0 radical (unpaired) electrons. The lowest BCUT2D eigenvalue weighted by Crippen LogP contribution is -2.09. The largest absolute Gasteiger partial charge is 0.359 e. The topological polar surface area (TPSA) is 55.1 Å².